The van der Waals surface area contributed by atoms with E-state index in [-0.39, 0.29) is 12.5 Å². The predicted molar refractivity (Wildman–Crippen MR) is 99.4 cm³/mol. The van der Waals surface area contributed by atoms with Gasteiger partial charge in [-0.3, -0.25) is 4.79 Å². The predicted octanol–water partition coefficient (Wildman–Crippen LogP) is 2.24. The van der Waals surface area contributed by atoms with Crippen LogP contribution in [0.2, 0.25) is 0 Å². The average Bonchev–Trinajstić information content (AvgIpc) is 3.04. The summed E-state index contributed by atoms with van der Waals surface area (Å²) in [6, 6.07) is 7.33. The molecule has 2 N–H and O–H groups in total. The van der Waals surface area contributed by atoms with Gasteiger partial charge in [-0.2, -0.15) is 0 Å². The largest absolute Gasteiger partial charge is 0.420 e. The van der Waals surface area contributed by atoms with Crippen LogP contribution in [0.5, 0.6) is 0 Å². The van der Waals surface area contributed by atoms with Gasteiger partial charge >= 0.3 is 0 Å². The van der Waals surface area contributed by atoms with Crippen LogP contribution in [0.1, 0.15) is 18.7 Å². The van der Waals surface area contributed by atoms with Crippen molar-refractivity contribution in [3.8, 4) is 11.5 Å². The summed E-state index contributed by atoms with van der Waals surface area (Å²) < 4.78 is 5.60. The lowest BCUT2D eigenvalue weighted by Crippen LogP contribution is -2.17. The third kappa shape index (κ3) is 6.85. The Bertz CT molecular complexity index is 658. The van der Waals surface area contributed by atoms with Gasteiger partial charge in [0.1, 0.15) is 0 Å². The molecule has 25 heavy (non-hydrogen) atoms. The number of nitrogens with one attached hydrogen (secondary N) is 1. The number of hydrogen-bond donors (Lipinski definition) is 2. The number of aliphatic hydroxyl groups is 1. The van der Waals surface area contributed by atoms with E-state index in [4.69, 9.17) is 9.52 Å². The van der Waals surface area contributed by atoms with Gasteiger partial charge in [0.2, 0.25) is 17.7 Å². The second kappa shape index (κ2) is 10.2. The van der Waals surface area contributed by atoms with Crippen molar-refractivity contribution in [2.75, 3.05) is 38.3 Å². The van der Waals surface area contributed by atoms with Crippen molar-refractivity contribution in [2.45, 2.75) is 18.6 Å². The summed E-state index contributed by atoms with van der Waals surface area (Å²) in [4.78, 5) is 13.9. The van der Waals surface area contributed by atoms with E-state index in [0.29, 0.717) is 29.7 Å². The molecule has 0 saturated carbocycles. The topological polar surface area (TPSA) is 91.5 Å². The SMILES string of the molecule is CN(C)CCCC(=O)Nc1ccc(-c2nnc(CSCCO)o2)cc1. The fourth-order valence-corrected chi connectivity index (χ4v) is 2.69. The number of benzene rings is 1. The highest BCUT2D eigenvalue weighted by atomic mass is 32.2. The molecule has 1 heterocycles. The minimum absolute atomic E-state index is 0.00980. The van der Waals surface area contributed by atoms with E-state index in [9.17, 15) is 4.79 Å². The zero-order valence-electron chi connectivity index (χ0n) is 14.6. The molecule has 0 fully saturated rings. The van der Waals surface area contributed by atoms with Gasteiger partial charge in [0.25, 0.3) is 0 Å². The highest BCUT2D eigenvalue weighted by molar-refractivity contribution is 7.98. The maximum Gasteiger partial charge on any atom is 0.247 e. The third-order valence-electron chi connectivity index (χ3n) is 3.35. The quantitative estimate of drug-likeness (QED) is 0.625. The molecule has 0 unspecified atom stereocenters. The maximum absolute atomic E-state index is 11.9. The fraction of sp³-hybridized carbons (Fsp3) is 0.471. The number of carbonyl (C=O) groups excluding carboxylic acids is 1. The minimum Gasteiger partial charge on any atom is -0.420 e. The van der Waals surface area contributed by atoms with Crippen LogP contribution >= 0.6 is 11.8 Å². The third-order valence-corrected chi connectivity index (χ3v) is 4.28. The molecule has 1 aromatic heterocycles. The van der Waals surface area contributed by atoms with Crippen LogP contribution < -0.4 is 5.32 Å². The Morgan fingerprint density at radius 1 is 1.28 bits per heavy atom. The van der Waals surface area contributed by atoms with E-state index in [0.717, 1.165) is 24.2 Å². The summed E-state index contributed by atoms with van der Waals surface area (Å²) in [5.74, 6) is 2.21. The zero-order valence-corrected chi connectivity index (χ0v) is 15.4. The van der Waals surface area contributed by atoms with Crippen molar-refractivity contribution in [3.05, 3.63) is 30.2 Å². The Kier molecular flexibility index (Phi) is 7.90. The number of thioether (sulfide) groups is 1. The molecule has 0 radical (unpaired) electrons. The van der Waals surface area contributed by atoms with E-state index in [1.807, 2.05) is 38.4 Å². The monoisotopic (exact) mass is 364 g/mol. The number of rotatable bonds is 10. The maximum atomic E-state index is 11.9. The number of anilines is 1. The van der Waals surface area contributed by atoms with Crippen molar-refractivity contribution >= 4 is 23.4 Å². The van der Waals surface area contributed by atoms with Crippen LogP contribution in [0.25, 0.3) is 11.5 Å². The molecule has 2 rings (SSSR count). The normalized spacial score (nSPS) is 11.0. The van der Waals surface area contributed by atoms with E-state index in [1.165, 1.54) is 11.8 Å². The molecule has 0 aliphatic carbocycles. The van der Waals surface area contributed by atoms with Gasteiger partial charge in [-0.15, -0.1) is 22.0 Å². The molecule has 2 aromatic rings. The van der Waals surface area contributed by atoms with Gasteiger partial charge in [-0.1, -0.05) is 0 Å². The number of aliphatic hydroxyl groups excluding tert-OH is 1. The highest BCUT2D eigenvalue weighted by Crippen LogP contribution is 2.22. The molecule has 0 spiro atoms. The molecule has 7 nitrogen and oxygen atoms in total. The van der Waals surface area contributed by atoms with Crippen LogP contribution in [0.15, 0.2) is 28.7 Å². The number of aromatic nitrogens is 2. The molecular weight excluding hydrogens is 340 g/mol. The summed E-state index contributed by atoms with van der Waals surface area (Å²) in [6.45, 7) is 1.02. The Balaban J connectivity index is 1.86. The first-order valence-electron chi connectivity index (χ1n) is 8.14. The second-order valence-corrected chi connectivity index (χ2v) is 6.91. The lowest BCUT2D eigenvalue weighted by molar-refractivity contribution is -0.116. The first-order chi connectivity index (χ1) is 12.1. The molecule has 1 amide bonds. The number of nitrogens with zero attached hydrogens (tertiary/aromatic N) is 3. The van der Waals surface area contributed by atoms with Crippen molar-refractivity contribution in [1.29, 1.82) is 0 Å². The van der Waals surface area contributed by atoms with Crippen LogP contribution in [0.3, 0.4) is 0 Å². The molecular formula is C17H24N4O3S. The Morgan fingerprint density at radius 2 is 2.04 bits per heavy atom. The van der Waals surface area contributed by atoms with Crippen LogP contribution in [0.4, 0.5) is 5.69 Å². The standard InChI is InChI=1S/C17H24N4O3S/c1-21(2)9-3-4-15(23)18-14-7-5-13(6-8-14)17-20-19-16(24-17)12-25-11-10-22/h5-8,22H,3-4,9-12H2,1-2H3,(H,18,23). The Labute approximate surface area is 151 Å². The number of amides is 1. The summed E-state index contributed by atoms with van der Waals surface area (Å²) >= 11 is 1.54. The van der Waals surface area contributed by atoms with Gasteiger partial charge in [-0.25, -0.2) is 0 Å². The van der Waals surface area contributed by atoms with Crippen molar-refractivity contribution in [1.82, 2.24) is 15.1 Å². The van der Waals surface area contributed by atoms with Crippen molar-refractivity contribution in [2.24, 2.45) is 0 Å². The van der Waals surface area contributed by atoms with Crippen molar-refractivity contribution < 1.29 is 14.3 Å². The number of hydrogen-bond acceptors (Lipinski definition) is 7. The summed E-state index contributed by atoms with van der Waals surface area (Å²) in [6.07, 6.45) is 1.33. The molecule has 0 aliphatic rings. The van der Waals surface area contributed by atoms with Gasteiger partial charge in [0.05, 0.1) is 12.4 Å². The first-order valence-corrected chi connectivity index (χ1v) is 9.30. The van der Waals surface area contributed by atoms with Crippen LogP contribution in [0, 0.1) is 0 Å². The summed E-state index contributed by atoms with van der Waals surface area (Å²) in [5, 5.41) is 19.7. The Morgan fingerprint density at radius 3 is 2.72 bits per heavy atom. The van der Waals surface area contributed by atoms with Crippen molar-refractivity contribution in [3.63, 3.8) is 0 Å². The Hall–Kier alpha value is -1.90. The molecule has 136 valence electrons. The minimum atomic E-state index is 0.00980. The first kappa shape index (κ1) is 19.4. The molecule has 1 aromatic carbocycles. The molecule has 0 atom stereocenters. The zero-order chi connectivity index (χ0) is 18.1. The summed E-state index contributed by atoms with van der Waals surface area (Å²) in [5.41, 5.74) is 1.55. The van der Waals surface area contributed by atoms with Crippen LogP contribution in [-0.4, -0.2) is 59.1 Å². The van der Waals surface area contributed by atoms with Gasteiger partial charge in [0.15, 0.2) is 0 Å². The van der Waals surface area contributed by atoms with Crippen LogP contribution in [-0.2, 0) is 10.5 Å². The lowest BCUT2D eigenvalue weighted by atomic mass is 10.2. The van der Waals surface area contributed by atoms with Gasteiger partial charge < -0.3 is 19.7 Å². The van der Waals surface area contributed by atoms with Gasteiger partial charge in [0, 0.05) is 23.4 Å². The second-order valence-electron chi connectivity index (χ2n) is 5.81. The van der Waals surface area contributed by atoms with Gasteiger partial charge in [-0.05, 0) is 51.3 Å². The van der Waals surface area contributed by atoms with E-state index in [1.54, 1.807) is 0 Å². The molecule has 0 saturated heterocycles. The lowest BCUT2D eigenvalue weighted by Gasteiger charge is -2.09. The highest BCUT2D eigenvalue weighted by Gasteiger charge is 2.09. The van der Waals surface area contributed by atoms with E-state index >= 15 is 0 Å². The molecule has 0 aliphatic heterocycles. The fourth-order valence-electron chi connectivity index (χ4n) is 2.13. The smallest absolute Gasteiger partial charge is 0.247 e. The van der Waals surface area contributed by atoms with E-state index < -0.39 is 0 Å². The number of carbonyl (C=O) groups is 1. The molecule has 8 heteroatoms. The molecule has 0 bridgehead atoms. The van der Waals surface area contributed by atoms with E-state index in [2.05, 4.69) is 20.4 Å². The summed E-state index contributed by atoms with van der Waals surface area (Å²) in [7, 11) is 3.98. The average molecular weight is 364 g/mol.